The van der Waals surface area contributed by atoms with Crippen LogP contribution >= 0.6 is 15.9 Å². The quantitative estimate of drug-likeness (QED) is 0.661. The number of halogens is 1. The van der Waals surface area contributed by atoms with Crippen molar-refractivity contribution >= 4 is 15.9 Å². The van der Waals surface area contributed by atoms with Crippen molar-refractivity contribution in [2.45, 2.75) is 19.3 Å². The molecule has 0 fully saturated rings. The first kappa shape index (κ1) is 8.05. The second kappa shape index (κ2) is 3.05. The molecule has 1 aliphatic rings. The van der Waals surface area contributed by atoms with Gasteiger partial charge >= 0.3 is 0 Å². The lowest BCUT2D eigenvalue weighted by atomic mass is 10.2. The summed E-state index contributed by atoms with van der Waals surface area (Å²) in [6.45, 7) is 0. The van der Waals surface area contributed by atoms with Crippen LogP contribution in [0.2, 0.25) is 0 Å². The van der Waals surface area contributed by atoms with Gasteiger partial charge in [-0.05, 0) is 34.8 Å². The largest absolute Gasteiger partial charge is 0.274 e. The van der Waals surface area contributed by atoms with E-state index in [1.54, 1.807) is 7.11 Å². The number of rotatable bonds is 1. The Morgan fingerprint density at radius 1 is 1.50 bits per heavy atom. The standard InChI is InChI=1S/C9H11BrNO/c1-12-11-6-8(10)5-7-3-2-4-9(7)11/h5-6H,2-4H2,1H3/q+1. The van der Waals surface area contributed by atoms with Crippen LogP contribution in [0.4, 0.5) is 0 Å². The maximum atomic E-state index is 5.22. The molecule has 2 nitrogen and oxygen atoms in total. The van der Waals surface area contributed by atoms with Crippen LogP contribution in [0.25, 0.3) is 0 Å². The third-order valence-electron chi connectivity index (χ3n) is 2.25. The number of aryl methyl sites for hydroxylation is 1. The molecule has 0 saturated carbocycles. The van der Waals surface area contributed by atoms with Crippen molar-refractivity contribution in [2.24, 2.45) is 0 Å². The summed E-state index contributed by atoms with van der Waals surface area (Å²) < 4.78 is 2.94. The van der Waals surface area contributed by atoms with Crippen molar-refractivity contribution in [3.63, 3.8) is 0 Å². The van der Waals surface area contributed by atoms with E-state index in [4.69, 9.17) is 4.84 Å². The molecule has 1 aliphatic carbocycles. The van der Waals surface area contributed by atoms with Crippen LogP contribution in [0, 0.1) is 0 Å². The molecule has 2 rings (SSSR count). The fourth-order valence-electron chi connectivity index (χ4n) is 1.71. The van der Waals surface area contributed by atoms with E-state index >= 15 is 0 Å². The molecule has 0 atom stereocenters. The predicted octanol–water partition coefficient (Wildman–Crippen LogP) is 1.28. The molecule has 12 heavy (non-hydrogen) atoms. The van der Waals surface area contributed by atoms with Crippen LogP contribution < -0.4 is 9.57 Å². The van der Waals surface area contributed by atoms with Crippen LogP contribution in [0.15, 0.2) is 16.7 Å². The SMILES string of the molecule is CO[n+]1cc(Br)cc2c1CCC2. The van der Waals surface area contributed by atoms with Gasteiger partial charge in [0.1, 0.15) is 7.11 Å². The highest BCUT2D eigenvalue weighted by molar-refractivity contribution is 9.10. The maximum absolute atomic E-state index is 5.22. The summed E-state index contributed by atoms with van der Waals surface area (Å²) in [5.74, 6) is 0. The van der Waals surface area contributed by atoms with Gasteiger partial charge in [-0.1, -0.05) is 0 Å². The Morgan fingerprint density at radius 2 is 2.33 bits per heavy atom. The third kappa shape index (κ3) is 1.22. The number of nitrogens with zero attached hydrogens (tertiary/aromatic N) is 1. The van der Waals surface area contributed by atoms with Gasteiger partial charge in [-0.3, -0.25) is 4.84 Å². The smallest absolute Gasteiger partial charge is 0.237 e. The van der Waals surface area contributed by atoms with Crippen molar-refractivity contribution in [2.75, 3.05) is 7.11 Å². The van der Waals surface area contributed by atoms with Crippen LogP contribution in [0.3, 0.4) is 0 Å². The van der Waals surface area contributed by atoms with E-state index < -0.39 is 0 Å². The van der Waals surface area contributed by atoms with Crippen LogP contribution in [-0.4, -0.2) is 7.11 Å². The monoisotopic (exact) mass is 228 g/mol. The first-order valence-electron chi connectivity index (χ1n) is 4.08. The highest BCUT2D eigenvalue weighted by atomic mass is 79.9. The van der Waals surface area contributed by atoms with E-state index in [-0.39, 0.29) is 0 Å². The molecule has 0 unspecified atom stereocenters. The highest BCUT2D eigenvalue weighted by Crippen LogP contribution is 2.21. The van der Waals surface area contributed by atoms with Crippen molar-refractivity contribution < 1.29 is 9.57 Å². The first-order chi connectivity index (χ1) is 5.81. The van der Waals surface area contributed by atoms with Crippen LogP contribution in [0.5, 0.6) is 0 Å². The average Bonchev–Trinajstić information content (AvgIpc) is 2.50. The Balaban J connectivity index is 2.55. The van der Waals surface area contributed by atoms with E-state index in [2.05, 4.69) is 22.0 Å². The minimum absolute atomic E-state index is 1.09. The van der Waals surface area contributed by atoms with Gasteiger partial charge in [0.25, 0.3) is 0 Å². The van der Waals surface area contributed by atoms with Gasteiger partial charge < -0.3 is 0 Å². The lowest BCUT2D eigenvalue weighted by molar-refractivity contribution is -0.890. The maximum Gasteiger partial charge on any atom is 0.237 e. The van der Waals surface area contributed by atoms with Gasteiger partial charge in [-0.2, -0.15) is 0 Å². The zero-order valence-electron chi connectivity index (χ0n) is 7.01. The normalized spacial score (nSPS) is 14.5. The van der Waals surface area contributed by atoms with Gasteiger partial charge in [0, 0.05) is 16.7 Å². The molecule has 1 aromatic rings. The molecule has 0 N–H and O–H groups in total. The van der Waals surface area contributed by atoms with Gasteiger partial charge in [-0.15, -0.1) is 0 Å². The number of hydrogen-bond acceptors (Lipinski definition) is 1. The fourth-order valence-corrected chi connectivity index (χ4v) is 2.18. The molecule has 1 aromatic heterocycles. The van der Waals surface area contributed by atoms with Gasteiger partial charge in [-0.25, -0.2) is 0 Å². The summed E-state index contributed by atoms with van der Waals surface area (Å²) in [4.78, 5) is 5.22. The summed E-state index contributed by atoms with van der Waals surface area (Å²) in [5.41, 5.74) is 2.73. The lowest BCUT2D eigenvalue weighted by Crippen LogP contribution is -2.44. The zero-order valence-corrected chi connectivity index (χ0v) is 8.60. The molecular formula is C9H11BrNO+. The topological polar surface area (TPSA) is 13.1 Å². The summed E-state index contributed by atoms with van der Waals surface area (Å²) >= 11 is 3.46. The molecule has 1 heterocycles. The molecule has 0 bridgehead atoms. The lowest BCUT2D eigenvalue weighted by Gasteiger charge is -1.98. The summed E-state index contributed by atoms with van der Waals surface area (Å²) in [5, 5.41) is 0. The molecular weight excluding hydrogens is 218 g/mol. The summed E-state index contributed by atoms with van der Waals surface area (Å²) in [7, 11) is 1.70. The molecule has 0 saturated heterocycles. The molecule has 0 radical (unpaired) electrons. The Hall–Kier alpha value is -0.570. The van der Waals surface area contributed by atoms with E-state index in [0.717, 1.165) is 10.9 Å². The second-order valence-corrected chi connectivity index (χ2v) is 3.91. The molecule has 0 aliphatic heterocycles. The Kier molecular flexibility index (Phi) is 2.05. The third-order valence-corrected chi connectivity index (χ3v) is 2.68. The molecule has 64 valence electrons. The Bertz CT molecular complexity index is 312. The van der Waals surface area contributed by atoms with Crippen LogP contribution in [-0.2, 0) is 12.8 Å². The van der Waals surface area contributed by atoms with E-state index in [1.807, 2.05) is 10.9 Å². The van der Waals surface area contributed by atoms with Crippen molar-refractivity contribution in [1.29, 1.82) is 0 Å². The fraction of sp³-hybridized carbons (Fsp3) is 0.444. The van der Waals surface area contributed by atoms with Gasteiger partial charge in [0.2, 0.25) is 11.9 Å². The van der Waals surface area contributed by atoms with Crippen molar-refractivity contribution in [3.05, 3.63) is 28.0 Å². The molecule has 0 amide bonds. The number of hydrogen-bond donors (Lipinski definition) is 0. The first-order valence-corrected chi connectivity index (χ1v) is 4.88. The number of fused-ring (bicyclic) bond motifs is 1. The predicted molar refractivity (Wildman–Crippen MR) is 48.9 cm³/mol. The molecule has 0 spiro atoms. The Labute approximate surface area is 80.3 Å². The summed E-state index contributed by atoms with van der Waals surface area (Å²) in [6, 6.07) is 2.18. The molecule has 0 aromatic carbocycles. The van der Waals surface area contributed by atoms with Crippen molar-refractivity contribution in [1.82, 2.24) is 0 Å². The van der Waals surface area contributed by atoms with E-state index in [0.29, 0.717) is 0 Å². The van der Waals surface area contributed by atoms with E-state index in [9.17, 15) is 0 Å². The van der Waals surface area contributed by atoms with Gasteiger partial charge in [0.05, 0.1) is 4.47 Å². The minimum Gasteiger partial charge on any atom is -0.274 e. The van der Waals surface area contributed by atoms with Crippen molar-refractivity contribution in [3.8, 4) is 0 Å². The Morgan fingerprint density at radius 3 is 3.08 bits per heavy atom. The molecule has 3 heteroatoms. The summed E-state index contributed by atoms with van der Waals surface area (Å²) in [6.07, 6.45) is 5.52. The highest BCUT2D eigenvalue weighted by Gasteiger charge is 2.23. The number of pyridine rings is 1. The average molecular weight is 229 g/mol. The van der Waals surface area contributed by atoms with E-state index in [1.165, 1.54) is 24.1 Å². The second-order valence-electron chi connectivity index (χ2n) is 2.99. The van der Waals surface area contributed by atoms with Gasteiger partial charge in [0.15, 0.2) is 0 Å². The minimum atomic E-state index is 1.09. The zero-order chi connectivity index (χ0) is 8.55. The van der Waals surface area contributed by atoms with Crippen LogP contribution in [0.1, 0.15) is 17.7 Å². The number of aromatic nitrogens is 1.